The predicted molar refractivity (Wildman–Crippen MR) is 62.0 cm³/mol. The van der Waals surface area contributed by atoms with E-state index >= 15 is 0 Å². The van der Waals surface area contributed by atoms with Gasteiger partial charge in [0.05, 0.1) is 0 Å². The highest BCUT2D eigenvalue weighted by Crippen LogP contribution is 2.12. The van der Waals surface area contributed by atoms with Gasteiger partial charge in [-0.15, -0.1) is 0 Å². The average Bonchev–Trinajstić information content (AvgIpc) is 2.16. The Morgan fingerprint density at radius 1 is 1.13 bits per heavy atom. The lowest BCUT2D eigenvalue weighted by Crippen LogP contribution is -2.27. The van der Waals surface area contributed by atoms with Gasteiger partial charge in [0.15, 0.2) is 0 Å². The predicted octanol–water partition coefficient (Wildman–Crippen LogP) is 1.73. The molecular formula is C9H16ClN5. The normalized spacial score (nSPS) is 10.3. The molecule has 0 atom stereocenters. The van der Waals surface area contributed by atoms with Crippen molar-refractivity contribution in [2.24, 2.45) is 0 Å². The van der Waals surface area contributed by atoms with E-state index in [-0.39, 0.29) is 11.2 Å². The molecule has 15 heavy (non-hydrogen) atoms. The Morgan fingerprint density at radius 3 is 2.20 bits per heavy atom. The number of anilines is 2. The maximum Gasteiger partial charge on any atom is 0.231 e. The molecule has 1 heterocycles. The fourth-order valence-corrected chi connectivity index (χ4v) is 1.51. The summed E-state index contributed by atoms with van der Waals surface area (Å²) in [6, 6.07) is 0. The molecular weight excluding hydrogens is 214 g/mol. The minimum atomic E-state index is 0.148. The molecule has 0 aliphatic heterocycles. The first-order valence-corrected chi connectivity index (χ1v) is 5.47. The van der Waals surface area contributed by atoms with E-state index in [2.05, 4.69) is 33.7 Å². The molecule has 0 unspecified atom stereocenters. The molecule has 0 fully saturated rings. The maximum atomic E-state index is 5.73. The van der Waals surface area contributed by atoms with Crippen LogP contribution < -0.4 is 10.6 Å². The third-order valence-corrected chi connectivity index (χ3v) is 2.05. The molecule has 1 aromatic heterocycles. The van der Waals surface area contributed by atoms with E-state index in [4.69, 9.17) is 17.3 Å². The van der Waals surface area contributed by atoms with Crippen LogP contribution in [0, 0.1) is 0 Å². The van der Waals surface area contributed by atoms with Gasteiger partial charge in [-0.2, -0.15) is 15.0 Å². The summed E-state index contributed by atoms with van der Waals surface area (Å²) >= 11 is 5.73. The number of aromatic nitrogens is 3. The van der Waals surface area contributed by atoms with Gasteiger partial charge in [-0.1, -0.05) is 13.8 Å². The van der Waals surface area contributed by atoms with Gasteiger partial charge in [0.25, 0.3) is 0 Å². The van der Waals surface area contributed by atoms with Gasteiger partial charge in [-0.3, -0.25) is 0 Å². The van der Waals surface area contributed by atoms with E-state index in [0.717, 1.165) is 25.9 Å². The summed E-state index contributed by atoms with van der Waals surface area (Å²) in [7, 11) is 0. The summed E-state index contributed by atoms with van der Waals surface area (Å²) in [5.41, 5.74) is 5.52. The highest BCUT2D eigenvalue weighted by Gasteiger charge is 2.09. The first kappa shape index (κ1) is 12.0. The van der Waals surface area contributed by atoms with Crippen molar-refractivity contribution in [2.75, 3.05) is 23.7 Å². The van der Waals surface area contributed by atoms with Crippen LogP contribution >= 0.6 is 11.6 Å². The summed E-state index contributed by atoms with van der Waals surface area (Å²) in [5.74, 6) is 0.735. The van der Waals surface area contributed by atoms with E-state index in [0.29, 0.717) is 5.95 Å². The molecule has 0 saturated carbocycles. The number of nitrogen functional groups attached to an aromatic ring is 1. The third kappa shape index (κ3) is 3.51. The summed E-state index contributed by atoms with van der Waals surface area (Å²) in [4.78, 5) is 13.9. The van der Waals surface area contributed by atoms with Crippen LogP contribution in [0.15, 0.2) is 0 Å². The molecule has 0 bridgehead atoms. The van der Waals surface area contributed by atoms with Gasteiger partial charge in [-0.25, -0.2) is 0 Å². The van der Waals surface area contributed by atoms with E-state index in [1.54, 1.807) is 0 Å². The molecule has 6 heteroatoms. The minimum absolute atomic E-state index is 0.148. The van der Waals surface area contributed by atoms with Gasteiger partial charge in [0.1, 0.15) is 0 Å². The zero-order valence-electron chi connectivity index (χ0n) is 9.07. The monoisotopic (exact) mass is 229 g/mol. The summed E-state index contributed by atoms with van der Waals surface area (Å²) in [5, 5.41) is 0.148. The smallest absolute Gasteiger partial charge is 0.231 e. The zero-order valence-corrected chi connectivity index (χ0v) is 9.83. The fraction of sp³-hybridized carbons (Fsp3) is 0.667. The molecule has 0 aliphatic rings. The number of nitrogens with zero attached hydrogens (tertiary/aromatic N) is 4. The van der Waals surface area contributed by atoms with Crippen LogP contribution in [-0.4, -0.2) is 28.0 Å². The highest BCUT2D eigenvalue weighted by atomic mass is 35.5. The Kier molecular flexibility index (Phi) is 4.55. The van der Waals surface area contributed by atoms with E-state index < -0.39 is 0 Å². The summed E-state index contributed by atoms with van der Waals surface area (Å²) in [6.07, 6.45) is 2.06. The van der Waals surface area contributed by atoms with E-state index in [1.807, 2.05) is 0 Å². The second-order valence-corrected chi connectivity index (χ2v) is 3.59. The first-order valence-electron chi connectivity index (χ1n) is 5.09. The van der Waals surface area contributed by atoms with Crippen molar-refractivity contribution in [2.45, 2.75) is 26.7 Å². The largest absolute Gasteiger partial charge is 0.368 e. The quantitative estimate of drug-likeness (QED) is 0.833. The molecule has 0 saturated heterocycles. The number of nitrogens with two attached hydrogens (primary N) is 1. The SMILES string of the molecule is CCCN(CCC)c1nc(N)nc(Cl)n1. The van der Waals surface area contributed by atoms with Crippen LogP contribution in [0.5, 0.6) is 0 Å². The highest BCUT2D eigenvalue weighted by molar-refractivity contribution is 6.28. The van der Waals surface area contributed by atoms with Crippen molar-refractivity contribution < 1.29 is 0 Å². The van der Waals surface area contributed by atoms with Crippen LogP contribution in [0.4, 0.5) is 11.9 Å². The molecule has 0 radical (unpaired) electrons. The Labute approximate surface area is 94.7 Å². The van der Waals surface area contributed by atoms with Crippen molar-refractivity contribution in [3.05, 3.63) is 5.28 Å². The molecule has 84 valence electrons. The maximum absolute atomic E-state index is 5.73. The molecule has 2 N–H and O–H groups in total. The lowest BCUT2D eigenvalue weighted by Gasteiger charge is -2.21. The van der Waals surface area contributed by atoms with Crippen LogP contribution in [0.25, 0.3) is 0 Å². The van der Waals surface area contributed by atoms with Crippen molar-refractivity contribution >= 4 is 23.5 Å². The summed E-state index contributed by atoms with van der Waals surface area (Å²) < 4.78 is 0. The van der Waals surface area contributed by atoms with Crippen molar-refractivity contribution in [3.8, 4) is 0 Å². The summed E-state index contributed by atoms with van der Waals surface area (Å²) in [6.45, 7) is 6.00. The number of hydrogen-bond donors (Lipinski definition) is 1. The van der Waals surface area contributed by atoms with Crippen LogP contribution in [0.3, 0.4) is 0 Å². The second-order valence-electron chi connectivity index (χ2n) is 3.25. The topological polar surface area (TPSA) is 67.9 Å². The van der Waals surface area contributed by atoms with Gasteiger partial charge in [0.2, 0.25) is 17.2 Å². The average molecular weight is 230 g/mol. The molecule has 0 amide bonds. The van der Waals surface area contributed by atoms with Crippen molar-refractivity contribution in [1.29, 1.82) is 0 Å². The number of rotatable bonds is 5. The van der Waals surface area contributed by atoms with Crippen molar-refractivity contribution in [3.63, 3.8) is 0 Å². The van der Waals surface area contributed by atoms with E-state index in [9.17, 15) is 0 Å². The van der Waals surface area contributed by atoms with Crippen molar-refractivity contribution in [1.82, 2.24) is 15.0 Å². The lowest BCUT2D eigenvalue weighted by molar-refractivity contribution is 0.718. The minimum Gasteiger partial charge on any atom is -0.368 e. The molecule has 0 aliphatic carbocycles. The Hall–Kier alpha value is -1.10. The molecule has 0 spiro atoms. The van der Waals surface area contributed by atoms with Crippen LogP contribution in [0.2, 0.25) is 5.28 Å². The van der Waals surface area contributed by atoms with E-state index in [1.165, 1.54) is 0 Å². The van der Waals surface area contributed by atoms with Gasteiger partial charge < -0.3 is 10.6 Å². The fourth-order valence-electron chi connectivity index (χ4n) is 1.35. The molecule has 1 rings (SSSR count). The van der Waals surface area contributed by atoms with Gasteiger partial charge >= 0.3 is 0 Å². The van der Waals surface area contributed by atoms with Gasteiger partial charge in [0, 0.05) is 13.1 Å². The third-order valence-electron chi connectivity index (χ3n) is 1.88. The Balaban J connectivity index is 2.88. The number of hydrogen-bond acceptors (Lipinski definition) is 5. The molecule has 0 aromatic carbocycles. The lowest BCUT2D eigenvalue weighted by atomic mass is 10.4. The van der Waals surface area contributed by atoms with Crippen LogP contribution in [0.1, 0.15) is 26.7 Å². The number of halogens is 1. The molecule has 1 aromatic rings. The van der Waals surface area contributed by atoms with Crippen LogP contribution in [-0.2, 0) is 0 Å². The molecule has 5 nitrogen and oxygen atoms in total. The Morgan fingerprint density at radius 2 is 1.73 bits per heavy atom. The van der Waals surface area contributed by atoms with Gasteiger partial charge in [-0.05, 0) is 24.4 Å². The standard InChI is InChI=1S/C9H16ClN5/c1-3-5-15(6-4-2)9-13-7(10)12-8(11)14-9/h3-6H2,1-2H3,(H2,11,12,13,14). The first-order chi connectivity index (χ1) is 7.17. The second kappa shape index (κ2) is 5.70. The zero-order chi connectivity index (χ0) is 11.3. The Bertz CT molecular complexity index is 291.